The minimum Gasteiger partial charge on any atom is -0.334 e. The molecule has 1 heterocycles. The van der Waals surface area contributed by atoms with Crippen LogP contribution in [0, 0.1) is 12.7 Å². The number of hydrogen-bond donors (Lipinski definition) is 0. The standard InChI is InChI=1S/C17H16FNO/c1-12-10-15(18)7-6-14(12)11-19-9-8-13-4-2-3-5-16(13)17(19)20/h2-7,10H,8-9,11H2,1H3. The van der Waals surface area contributed by atoms with Gasteiger partial charge in [0.2, 0.25) is 0 Å². The lowest BCUT2D eigenvalue weighted by Crippen LogP contribution is -2.37. The van der Waals surface area contributed by atoms with Crippen molar-refractivity contribution in [2.45, 2.75) is 19.9 Å². The van der Waals surface area contributed by atoms with Gasteiger partial charge in [0.1, 0.15) is 5.82 Å². The third-order valence-electron chi connectivity index (χ3n) is 3.85. The summed E-state index contributed by atoms with van der Waals surface area (Å²) < 4.78 is 13.1. The fraction of sp³-hybridized carbons (Fsp3) is 0.235. The minimum absolute atomic E-state index is 0.0653. The smallest absolute Gasteiger partial charge is 0.254 e. The van der Waals surface area contributed by atoms with Crippen molar-refractivity contribution >= 4 is 5.91 Å². The van der Waals surface area contributed by atoms with Crippen LogP contribution >= 0.6 is 0 Å². The summed E-state index contributed by atoms with van der Waals surface area (Å²) >= 11 is 0. The summed E-state index contributed by atoms with van der Waals surface area (Å²) in [6, 6.07) is 12.5. The first-order chi connectivity index (χ1) is 9.65. The highest BCUT2D eigenvalue weighted by Crippen LogP contribution is 2.21. The number of nitrogens with zero attached hydrogens (tertiary/aromatic N) is 1. The van der Waals surface area contributed by atoms with E-state index in [1.807, 2.05) is 36.1 Å². The molecule has 3 rings (SSSR count). The number of amides is 1. The zero-order valence-corrected chi connectivity index (χ0v) is 11.4. The number of rotatable bonds is 2. The van der Waals surface area contributed by atoms with Gasteiger partial charge in [-0.25, -0.2) is 4.39 Å². The Morgan fingerprint density at radius 3 is 2.80 bits per heavy atom. The van der Waals surface area contributed by atoms with E-state index in [0.717, 1.165) is 28.7 Å². The summed E-state index contributed by atoms with van der Waals surface area (Å²) in [5, 5.41) is 0. The van der Waals surface area contributed by atoms with Crippen molar-refractivity contribution in [3.63, 3.8) is 0 Å². The summed E-state index contributed by atoms with van der Waals surface area (Å²) in [5.74, 6) is -0.169. The highest BCUT2D eigenvalue weighted by Gasteiger charge is 2.24. The van der Waals surface area contributed by atoms with Crippen molar-refractivity contribution in [3.05, 3.63) is 70.5 Å². The minimum atomic E-state index is -0.235. The summed E-state index contributed by atoms with van der Waals surface area (Å²) in [5.41, 5.74) is 3.79. The second-order valence-corrected chi connectivity index (χ2v) is 5.20. The van der Waals surface area contributed by atoms with Gasteiger partial charge in [-0.15, -0.1) is 0 Å². The lowest BCUT2D eigenvalue weighted by Gasteiger charge is -2.29. The fourth-order valence-electron chi connectivity index (χ4n) is 2.67. The molecule has 0 aliphatic carbocycles. The molecular weight excluding hydrogens is 253 g/mol. The van der Waals surface area contributed by atoms with Gasteiger partial charge in [0.05, 0.1) is 0 Å². The Labute approximate surface area is 117 Å². The maximum atomic E-state index is 13.1. The predicted molar refractivity (Wildman–Crippen MR) is 76.0 cm³/mol. The van der Waals surface area contributed by atoms with Crippen LogP contribution in [0.25, 0.3) is 0 Å². The first-order valence-electron chi connectivity index (χ1n) is 6.77. The van der Waals surface area contributed by atoms with Crippen LogP contribution in [0.4, 0.5) is 4.39 Å². The number of halogens is 1. The molecule has 0 aromatic heterocycles. The van der Waals surface area contributed by atoms with Crippen molar-refractivity contribution in [1.29, 1.82) is 0 Å². The molecule has 2 nitrogen and oxygen atoms in total. The Hall–Kier alpha value is -2.16. The van der Waals surface area contributed by atoms with E-state index in [2.05, 4.69) is 0 Å². The largest absolute Gasteiger partial charge is 0.334 e. The molecule has 1 amide bonds. The van der Waals surface area contributed by atoms with Crippen molar-refractivity contribution in [3.8, 4) is 0 Å². The van der Waals surface area contributed by atoms with Gasteiger partial charge in [-0.2, -0.15) is 0 Å². The predicted octanol–water partition coefficient (Wildman–Crippen LogP) is 3.33. The Kier molecular flexibility index (Phi) is 3.26. The van der Waals surface area contributed by atoms with Crippen molar-refractivity contribution in [1.82, 2.24) is 4.90 Å². The molecule has 0 atom stereocenters. The maximum Gasteiger partial charge on any atom is 0.254 e. The SMILES string of the molecule is Cc1cc(F)ccc1CN1CCc2ccccc2C1=O. The maximum absolute atomic E-state index is 13.1. The number of hydrogen-bond acceptors (Lipinski definition) is 1. The van der Waals surface area contributed by atoms with Crippen molar-refractivity contribution < 1.29 is 9.18 Å². The van der Waals surface area contributed by atoms with Gasteiger partial charge in [0, 0.05) is 18.7 Å². The third-order valence-corrected chi connectivity index (χ3v) is 3.85. The van der Waals surface area contributed by atoms with Gasteiger partial charge in [-0.05, 0) is 48.2 Å². The van der Waals surface area contributed by atoms with Crippen LogP contribution in [0.3, 0.4) is 0 Å². The van der Waals surface area contributed by atoms with Crippen molar-refractivity contribution in [2.75, 3.05) is 6.54 Å². The Bertz CT molecular complexity index is 666. The van der Waals surface area contributed by atoms with Crippen LogP contribution < -0.4 is 0 Å². The van der Waals surface area contributed by atoms with E-state index in [1.54, 1.807) is 6.07 Å². The highest BCUT2D eigenvalue weighted by molar-refractivity contribution is 5.96. The van der Waals surface area contributed by atoms with Crippen LogP contribution in [-0.4, -0.2) is 17.4 Å². The highest BCUT2D eigenvalue weighted by atomic mass is 19.1. The molecule has 102 valence electrons. The lowest BCUT2D eigenvalue weighted by atomic mass is 9.98. The van der Waals surface area contributed by atoms with E-state index in [0.29, 0.717) is 13.1 Å². The van der Waals surface area contributed by atoms with Crippen LogP contribution in [-0.2, 0) is 13.0 Å². The monoisotopic (exact) mass is 269 g/mol. The zero-order chi connectivity index (χ0) is 14.1. The second-order valence-electron chi connectivity index (χ2n) is 5.20. The van der Waals surface area contributed by atoms with Crippen LogP contribution in [0.5, 0.6) is 0 Å². The van der Waals surface area contributed by atoms with Gasteiger partial charge in [0.15, 0.2) is 0 Å². The molecule has 0 N–H and O–H groups in total. The molecule has 0 radical (unpaired) electrons. The molecule has 0 fully saturated rings. The quantitative estimate of drug-likeness (QED) is 0.819. The number of benzene rings is 2. The summed E-state index contributed by atoms with van der Waals surface area (Å²) in [4.78, 5) is 14.3. The molecule has 0 bridgehead atoms. The molecule has 20 heavy (non-hydrogen) atoms. The van der Waals surface area contributed by atoms with E-state index in [1.165, 1.54) is 12.1 Å². The zero-order valence-electron chi connectivity index (χ0n) is 11.4. The topological polar surface area (TPSA) is 20.3 Å². The van der Waals surface area contributed by atoms with Crippen molar-refractivity contribution in [2.24, 2.45) is 0 Å². The van der Waals surface area contributed by atoms with Gasteiger partial charge in [-0.3, -0.25) is 4.79 Å². The van der Waals surface area contributed by atoms with Gasteiger partial charge in [-0.1, -0.05) is 24.3 Å². The molecule has 3 heteroatoms. The first-order valence-corrected chi connectivity index (χ1v) is 6.77. The number of carbonyl (C=O) groups excluding carboxylic acids is 1. The average molecular weight is 269 g/mol. The average Bonchev–Trinajstić information content (AvgIpc) is 2.45. The van der Waals surface area contributed by atoms with E-state index >= 15 is 0 Å². The summed E-state index contributed by atoms with van der Waals surface area (Å²) in [6.07, 6.45) is 0.877. The van der Waals surface area contributed by atoms with Crippen LogP contribution in [0.15, 0.2) is 42.5 Å². The summed E-state index contributed by atoms with van der Waals surface area (Å²) in [7, 11) is 0. The fourth-order valence-corrected chi connectivity index (χ4v) is 2.67. The number of carbonyl (C=O) groups is 1. The van der Waals surface area contributed by atoms with Gasteiger partial charge in [0.25, 0.3) is 5.91 Å². The van der Waals surface area contributed by atoms with E-state index in [4.69, 9.17) is 0 Å². The molecule has 0 saturated carbocycles. The number of aryl methyl sites for hydroxylation is 1. The van der Waals surface area contributed by atoms with Crippen LogP contribution in [0.2, 0.25) is 0 Å². The third kappa shape index (κ3) is 2.31. The van der Waals surface area contributed by atoms with Gasteiger partial charge >= 0.3 is 0 Å². The molecule has 2 aromatic rings. The molecule has 2 aromatic carbocycles. The van der Waals surface area contributed by atoms with E-state index < -0.39 is 0 Å². The second kappa shape index (κ2) is 5.08. The molecule has 1 aliphatic rings. The molecule has 0 unspecified atom stereocenters. The van der Waals surface area contributed by atoms with Gasteiger partial charge < -0.3 is 4.90 Å². The Morgan fingerprint density at radius 1 is 1.20 bits per heavy atom. The lowest BCUT2D eigenvalue weighted by molar-refractivity contribution is 0.0727. The number of fused-ring (bicyclic) bond motifs is 1. The molecular formula is C17H16FNO. The van der Waals surface area contributed by atoms with E-state index in [9.17, 15) is 9.18 Å². The Balaban J connectivity index is 1.85. The molecule has 1 aliphatic heterocycles. The van der Waals surface area contributed by atoms with Crippen LogP contribution in [0.1, 0.15) is 27.0 Å². The first kappa shape index (κ1) is 12.9. The molecule has 0 spiro atoms. The molecule has 0 saturated heterocycles. The Morgan fingerprint density at radius 2 is 2.00 bits per heavy atom. The van der Waals surface area contributed by atoms with E-state index in [-0.39, 0.29) is 11.7 Å². The summed E-state index contributed by atoms with van der Waals surface area (Å²) in [6.45, 7) is 3.13. The normalized spacial score (nSPS) is 14.3.